The second-order valence-corrected chi connectivity index (χ2v) is 10.7. The molecule has 27 heavy (non-hydrogen) atoms. The van der Waals surface area contributed by atoms with Crippen molar-refractivity contribution in [2.75, 3.05) is 24.2 Å². The first-order chi connectivity index (χ1) is 12.9. The van der Waals surface area contributed by atoms with E-state index in [2.05, 4.69) is 27.4 Å². The molecule has 9 nitrogen and oxygen atoms in total. The van der Waals surface area contributed by atoms with E-state index >= 15 is 0 Å². The lowest BCUT2D eigenvalue weighted by Gasteiger charge is -2.28. The third kappa shape index (κ3) is 5.06. The van der Waals surface area contributed by atoms with Crippen LogP contribution in [-0.4, -0.2) is 57.2 Å². The van der Waals surface area contributed by atoms with Crippen LogP contribution in [0.25, 0.3) is 0 Å². The van der Waals surface area contributed by atoms with Crippen molar-refractivity contribution in [3.8, 4) is 0 Å². The summed E-state index contributed by atoms with van der Waals surface area (Å²) in [5, 5.41) is 11.0. The van der Waals surface area contributed by atoms with Crippen molar-refractivity contribution >= 4 is 44.2 Å². The lowest BCUT2D eigenvalue weighted by atomic mass is 10.0. The van der Waals surface area contributed by atoms with Gasteiger partial charge in [-0.2, -0.15) is 4.31 Å². The fraction of sp³-hybridized carbons (Fsp3) is 0.600. The second kappa shape index (κ2) is 8.67. The fourth-order valence-corrected chi connectivity index (χ4v) is 5.75. The number of sulfonamides is 1. The first-order valence-corrected chi connectivity index (χ1v) is 11.9. The Kier molecular flexibility index (Phi) is 6.50. The number of aromatic nitrogens is 4. The molecule has 2 aromatic rings. The standard InChI is InChI=1S/C15H22N6O3S3/c1-3-25-15-19-18-14(26-15)17-12(22)8-20-9-13(16-10-20)27(23,24)21-6-4-11(2)5-7-21/h9-11H,3-8H2,1-2H3,(H,17,18,22). The van der Waals surface area contributed by atoms with E-state index in [1.807, 2.05) is 6.92 Å². The molecule has 0 aromatic carbocycles. The van der Waals surface area contributed by atoms with Crippen LogP contribution in [0.4, 0.5) is 5.13 Å². The van der Waals surface area contributed by atoms with Crippen molar-refractivity contribution in [3.05, 3.63) is 12.5 Å². The van der Waals surface area contributed by atoms with Crippen molar-refractivity contribution in [1.29, 1.82) is 0 Å². The van der Waals surface area contributed by atoms with Gasteiger partial charge in [0.05, 0.1) is 6.33 Å². The molecule has 12 heteroatoms. The van der Waals surface area contributed by atoms with Crippen LogP contribution in [0.3, 0.4) is 0 Å². The molecule has 1 saturated heterocycles. The number of piperidine rings is 1. The van der Waals surface area contributed by atoms with Crippen molar-refractivity contribution in [1.82, 2.24) is 24.1 Å². The molecule has 1 aliphatic rings. The molecule has 1 N–H and O–H groups in total. The maximum absolute atomic E-state index is 12.7. The Balaban J connectivity index is 1.60. The maximum atomic E-state index is 12.7. The molecule has 0 aliphatic carbocycles. The highest BCUT2D eigenvalue weighted by Gasteiger charge is 2.29. The maximum Gasteiger partial charge on any atom is 0.262 e. The number of hydrogen-bond donors (Lipinski definition) is 1. The molecule has 1 fully saturated rings. The minimum Gasteiger partial charge on any atom is -0.327 e. The summed E-state index contributed by atoms with van der Waals surface area (Å²) in [6.07, 6.45) is 4.45. The van der Waals surface area contributed by atoms with Gasteiger partial charge in [0, 0.05) is 19.3 Å². The first-order valence-electron chi connectivity index (χ1n) is 8.66. The molecule has 0 saturated carbocycles. The zero-order valence-corrected chi connectivity index (χ0v) is 17.6. The minimum absolute atomic E-state index is 0.0256. The monoisotopic (exact) mass is 430 g/mol. The minimum atomic E-state index is -3.62. The number of amides is 1. The molecule has 0 bridgehead atoms. The quantitative estimate of drug-likeness (QED) is 0.528. The highest BCUT2D eigenvalue weighted by atomic mass is 32.2. The van der Waals surface area contributed by atoms with Gasteiger partial charge in [0.2, 0.25) is 11.0 Å². The van der Waals surface area contributed by atoms with Crippen LogP contribution in [0.2, 0.25) is 0 Å². The Morgan fingerprint density at radius 3 is 2.81 bits per heavy atom. The zero-order chi connectivity index (χ0) is 19.4. The van der Waals surface area contributed by atoms with Gasteiger partial charge in [-0.25, -0.2) is 13.4 Å². The lowest BCUT2D eigenvalue weighted by molar-refractivity contribution is -0.116. The lowest BCUT2D eigenvalue weighted by Crippen LogP contribution is -2.38. The van der Waals surface area contributed by atoms with Gasteiger partial charge in [0.1, 0.15) is 6.54 Å². The van der Waals surface area contributed by atoms with E-state index in [1.54, 1.807) is 11.8 Å². The van der Waals surface area contributed by atoms with E-state index in [0.717, 1.165) is 22.9 Å². The topological polar surface area (TPSA) is 110 Å². The zero-order valence-electron chi connectivity index (χ0n) is 15.2. The molecule has 0 spiro atoms. The Hall–Kier alpha value is -1.50. The summed E-state index contributed by atoms with van der Waals surface area (Å²) in [5.74, 6) is 1.10. The summed E-state index contributed by atoms with van der Waals surface area (Å²) in [6, 6.07) is 0. The third-order valence-electron chi connectivity index (χ3n) is 4.20. The number of hydrogen-bond acceptors (Lipinski definition) is 8. The number of rotatable bonds is 7. The van der Waals surface area contributed by atoms with Crippen LogP contribution in [-0.2, 0) is 21.4 Å². The highest BCUT2D eigenvalue weighted by Crippen LogP contribution is 2.25. The van der Waals surface area contributed by atoms with Crippen molar-refractivity contribution in [3.63, 3.8) is 0 Å². The van der Waals surface area contributed by atoms with Crippen molar-refractivity contribution in [2.24, 2.45) is 5.92 Å². The van der Waals surface area contributed by atoms with Crippen LogP contribution in [0.1, 0.15) is 26.7 Å². The molecule has 3 heterocycles. The molecule has 1 amide bonds. The Morgan fingerprint density at radius 2 is 2.11 bits per heavy atom. The summed E-state index contributed by atoms with van der Waals surface area (Å²) < 4.78 is 29.1. The number of thioether (sulfide) groups is 1. The number of carbonyl (C=O) groups excluding carboxylic acids is 1. The normalized spacial score (nSPS) is 16.5. The van der Waals surface area contributed by atoms with Crippen LogP contribution in [0.15, 0.2) is 21.9 Å². The van der Waals surface area contributed by atoms with Crippen molar-refractivity contribution in [2.45, 2.75) is 42.6 Å². The van der Waals surface area contributed by atoms with Crippen LogP contribution in [0.5, 0.6) is 0 Å². The van der Waals surface area contributed by atoms with E-state index in [4.69, 9.17) is 0 Å². The molecule has 0 unspecified atom stereocenters. The average Bonchev–Trinajstić information content (AvgIpc) is 3.25. The van der Waals surface area contributed by atoms with E-state index in [1.165, 1.54) is 32.7 Å². The average molecular weight is 431 g/mol. The molecule has 148 valence electrons. The number of nitrogens with one attached hydrogen (secondary N) is 1. The largest absolute Gasteiger partial charge is 0.327 e. The molecule has 3 rings (SSSR count). The molecular weight excluding hydrogens is 408 g/mol. The van der Waals surface area contributed by atoms with Crippen molar-refractivity contribution < 1.29 is 13.2 Å². The van der Waals surface area contributed by atoms with E-state index in [-0.39, 0.29) is 17.5 Å². The Bertz CT molecular complexity index is 886. The predicted octanol–water partition coefficient (Wildman–Crippen LogP) is 1.91. The van der Waals surface area contributed by atoms with Crippen LogP contribution < -0.4 is 5.32 Å². The van der Waals surface area contributed by atoms with Gasteiger partial charge >= 0.3 is 0 Å². The summed E-state index contributed by atoms with van der Waals surface area (Å²) in [5.41, 5.74) is 0. The summed E-state index contributed by atoms with van der Waals surface area (Å²) in [7, 11) is -3.62. The van der Waals surface area contributed by atoms with Gasteiger partial charge in [-0.15, -0.1) is 10.2 Å². The van der Waals surface area contributed by atoms with Gasteiger partial charge in [-0.05, 0) is 24.5 Å². The van der Waals surface area contributed by atoms with Gasteiger partial charge in [0.15, 0.2) is 9.37 Å². The molecule has 1 aliphatic heterocycles. The van der Waals surface area contributed by atoms with Crippen LogP contribution >= 0.6 is 23.1 Å². The Labute approximate surface area is 166 Å². The molecule has 0 atom stereocenters. The molecular formula is C15H22N6O3S3. The smallest absolute Gasteiger partial charge is 0.262 e. The second-order valence-electron chi connectivity index (χ2n) is 6.33. The summed E-state index contributed by atoms with van der Waals surface area (Å²) >= 11 is 2.86. The van der Waals surface area contributed by atoms with E-state index in [9.17, 15) is 13.2 Å². The predicted molar refractivity (Wildman–Crippen MR) is 104 cm³/mol. The summed E-state index contributed by atoms with van der Waals surface area (Å²) in [6.45, 7) is 5.10. The third-order valence-corrected chi connectivity index (χ3v) is 7.84. The fourth-order valence-electron chi connectivity index (χ4n) is 2.68. The molecule has 0 radical (unpaired) electrons. The number of nitrogens with zero attached hydrogens (tertiary/aromatic N) is 5. The van der Waals surface area contributed by atoms with E-state index < -0.39 is 10.0 Å². The van der Waals surface area contributed by atoms with Gasteiger partial charge in [-0.3, -0.25) is 10.1 Å². The van der Waals surface area contributed by atoms with Gasteiger partial charge in [-0.1, -0.05) is 36.9 Å². The van der Waals surface area contributed by atoms with Gasteiger partial charge < -0.3 is 4.57 Å². The summed E-state index contributed by atoms with van der Waals surface area (Å²) in [4.78, 5) is 16.2. The van der Waals surface area contributed by atoms with Crippen LogP contribution in [0, 0.1) is 5.92 Å². The number of carbonyl (C=O) groups is 1. The van der Waals surface area contributed by atoms with Gasteiger partial charge in [0.25, 0.3) is 10.0 Å². The first kappa shape index (κ1) is 20.2. The SMILES string of the molecule is CCSc1nnc(NC(=O)Cn2cnc(S(=O)(=O)N3CCC(C)CC3)c2)s1. The van der Waals surface area contributed by atoms with E-state index in [0.29, 0.717) is 24.1 Å². The number of imidazole rings is 1. The highest BCUT2D eigenvalue weighted by molar-refractivity contribution is 8.01. The number of anilines is 1. The Morgan fingerprint density at radius 1 is 1.37 bits per heavy atom. The molecule has 2 aromatic heterocycles.